The lowest BCUT2D eigenvalue weighted by molar-refractivity contribution is 0.415. The molecule has 0 bridgehead atoms. The van der Waals surface area contributed by atoms with Crippen molar-refractivity contribution in [3.63, 3.8) is 0 Å². The van der Waals surface area contributed by atoms with Crippen LogP contribution in [0.4, 0.5) is 22.0 Å². The minimum absolute atomic E-state index is 0.250. The lowest BCUT2D eigenvalue weighted by Gasteiger charge is -2.11. The van der Waals surface area contributed by atoms with E-state index in [2.05, 4.69) is 145 Å². The van der Waals surface area contributed by atoms with E-state index >= 15 is 0 Å². The Labute approximate surface area is 568 Å². The van der Waals surface area contributed by atoms with Gasteiger partial charge in [-0.05, 0) is 225 Å². The van der Waals surface area contributed by atoms with Crippen LogP contribution in [0.25, 0.3) is 111 Å². The lowest BCUT2D eigenvalue weighted by Crippen LogP contribution is -1.94. The molecular weight excluding hydrogens is 1230 g/mol. The molecule has 0 aliphatic heterocycles. The Balaban J connectivity index is 0.000000124. The fourth-order valence-corrected chi connectivity index (χ4v) is 11.8. The van der Waals surface area contributed by atoms with Gasteiger partial charge < -0.3 is 9.47 Å². The number of halogens is 5. The van der Waals surface area contributed by atoms with Crippen LogP contribution < -0.4 is 9.47 Å². The minimum Gasteiger partial charge on any atom is -0.497 e. The number of fused-ring (bicyclic) bond motifs is 5. The van der Waals surface area contributed by atoms with E-state index in [0.717, 1.165) is 106 Å². The van der Waals surface area contributed by atoms with Gasteiger partial charge in [0.2, 0.25) is 0 Å². The third-order valence-corrected chi connectivity index (χ3v) is 16.6. The normalized spacial score (nSPS) is 10.9. The van der Waals surface area contributed by atoms with Crippen LogP contribution in [-0.2, 0) is 0 Å². The van der Waals surface area contributed by atoms with Crippen molar-refractivity contribution in [2.24, 2.45) is 0 Å². The van der Waals surface area contributed by atoms with Gasteiger partial charge in [-0.2, -0.15) is 0 Å². The molecular formula is C86H72F5N5O2. The second kappa shape index (κ2) is 30.1. The molecule has 15 aromatic rings. The van der Waals surface area contributed by atoms with E-state index in [4.69, 9.17) is 9.47 Å². The Kier molecular flexibility index (Phi) is 20.8. The monoisotopic (exact) mass is 1300 g/mol. The predicted molar refractivity (Wildman–Crippen MR) is 391 cm³/mol. The summed E-state index contributed by atoms with van der Waals surface area (Å²) in [4.78, 5) is 22.8. The number of nitrogens with zero attached hydrogens (tertiary/aromatic N) is 5. The quantitative estimate of drug-likeness (QED) is 0.147. The molecule has 0 N–H and O–H groups in total. The van der Waals surface area contributed by atoms with Crippen LogP contribution in [0.1, 0.15) is 50.1 Å². The second-order valence-corrected chi connectivity index (χ2v) is 24.6. The van der Waals surface area contributed by atoms with Crippen LogP contribution in [0.2, 0.25) is 0 Å². The molecule has 0 saturated heterocycles. The summed E-state index contributed by atoms with van der Waals surface area (Å²) in [5.41, 5.74) is 23.5. The highest BCUT2D eigenvalue weighted by molar-refractivity contribution is 5.87. The summed E-state index contributed by atoms with van der Waals surface area (Å²) in [5.74, 6) is 0.155. The van der Waals surface area contributed by atoms with Crippen molar-refractivity contribution in [2.75, 3.05) is 14.2 Å². The van der Waals surface area contributed by atoms with Crippen LogP contribution >= 0.6 is 0 Å². The summed E-state index contributed by atoms with van der Waals surface area (Å²) >= 11 is 0. The Bertz CT molecular complexity index is 5400. The number of methoxy groups -OCH3 is 2. The molecule has 0 atom stereocenters. The Hall–Kier alpha value is -11.5. The maximum atomic E-state index is 13.4. The van der Waals surface area contributed by atoms with E-state index in [-0.39, 0.29) is 29.1 Å². The maximum absolute atomic E-state index is 13.4. The van der Waals surface area contributed by atoms with E-state index in [1.54, 1.807) is 44.6 Å². The van der Waals surface area contributed by atoms with Gasteiger partial charge in [0.15, 0.2) is 0 Å². The fraction of sp³-hybridized carbons (Fsp3) is 0.128. The predicted octanol–water partition coefficient (Wildman–Crippen LogP) is 23.0. The van der Waals surface area contributed by atoms with Gasteiger partial charge in [-0.1, -0.05) is 94.0 Å². The molecule has 0 aliphatic carbocycles. The van der Waals surface area contributed by atoms with E-state index in [0.29, 0.717) is 33.3 Å². The summed E-state index contributed by atoms with van der Waals surface area (Å²) in [5, 5.41) is 4.66. The number of hydrogen-bond acceptors (Lipinski definition) is 7. The average Bonchev–Trinajstić information content (AvgIpc) is 0.816. The van der Waals surface area contributed by atoms with Gasteiger partial charge in [0.05, 0.1) is 64.6 Å². The molecule has 0 fully saturated rings. The van der Waals surface area contributed by atoms with Crippen molar-refractivity contribution in [1.29, 1.82) is 0 Å². The van der Waals surface area contributed by atoms with Crippen LogP contribution in [-0.4, -0.2) is 39.1 Å². The number of hydrogen-bond donors (Lipinski definition) is 0. The number of rotatable bonds is 7. The van der Waals surface area contributed by atoms with E-state index in [1.807, 2.05) is 87.5 Å². The molecule has 0 saturated carbocycles. The Morgan fingerprint density at radius 1 is 0.245 bits per heavy atom. The first kappa shape index (κ1) is 67.9. The highest BCUT2D eigenvalue weighted by atomic mass is 19.1. The van der Waals surface area contributed by atoms with Crippen molar-refractivity contribution in [3.8, 4) is 67.8 Å². The van der Waals surface area contributed by atoms with Gasteiger partial charge in [-0.3, -0.25) is 0 Å². The smallest absolute Gasteiger partial charge is 0.145 e. The van der Waals surface area contributed by atoms with Gasteiger partial charge in [0, 0.05) is 85.1 Å². The van der Waals surface area contributed by atoms with E-state index in [1.165, 1.54) is 94.0 Å². The van der Waals surface area contributed by atoms with E-state index < -0.39 is 0 Å². The number of aromatic nitrogens is 5. The zero-order valence-electron chi connectivity index (χ0n) is 56.5. The highest BCUT2D eigenvalue weighted by Gasteiger charge is 2.14. The molecule has 7 nitrogen and oxygen atoms in total. The molecule has 0 aliphatic rings. The van der Waals surface area contributed by atoms with Crippen molar-refractivity contribution >= 4 is 54.5 Å². The molecule has 10 aromatic carbocycles. The van der Waals surface area contributed by atoms with Crippen molar-refractivity contribution in [2.45, 2.75) is 62.3 Å². The van der Waals surface area contributed by atoms with Crippen LogP contribution in [0.15, 0.2) is 237 Å². The van der Waals surface area contributed by atoms with E-state index in [9.17, 15) is 22.0 Å². The zero-order valence-corrected chi connectivity index (χ0v) is 56.5. The molecule has 0 spiro atoms. The molecule has 12 heteroatoms. The van der Waals surface area contributed by atoms with Crippen molar-refractivity contribution in [3.05, 3.63) is 316 Å². The highest BCUT2D eigenvalue weighted by Crippen LogP contribution is 2.34. The maximum Gasteiger partial charge on any atom is 0.145 e. The van der Waals surface area contributed by atoms with Crippen LogP contribution in [0.3, 0.4) is 0 Å². The van der Waals surface area contributed by atoms with Gasteiger partial charge >= 0.3 is 0 Å². The molecule has 98 heavy (non-hydrogen) atoms. The molecule has 0 radical (unpaired) electrons. The summed E-state index contributed by atoms with van der Waals surface area (Å²) in [6.45, 7) is 18.6. The standard InChI is InChI=1S/C18H16FNO.C18H16FN.2C17H14FN.C16H12FNO/c1-11-6-12(2)8-14(7-11)18-17(21-3)9-13-4-5-15(19)10-16(13)20-18;1-11-6-12(2)8-15(7-11)18-13(3)9-14-4-5-16(19)10-17(14)20-18;1-11-7-12(2)9-14(8-11)16-6-4-13-3-5-15(18)10-17(13)19-16;1-11-3-4-14(9-12(11)2)16-8-6-13-5-7-15(18)10-17(13)19-16;1-19-14-4-2-3-12(9-14)15-8-6-11-5-7-13(17)10-16(11)18-15/h4-10H,1-3H3;4-10H,1-3H3;2*3-10H,1-2H3;2-10H,1H3. The van der Waals surface area contributed by atoms with Gasteiger partial charge in [0.1, 0.15) is 46.3 Å². The van der Waals surface area contributed by atoms with Crippen molar-refractivity contribution < 1.29 is 31.4 Å². The third-order valence-electron chi connectivity index (χ3n) is 16.6. The SMILES string of the molecule is COc1cc2ccc(F)cc2nc1-c1cc(C)cc(C)c1.COc1cccc(-c2ccc3ccc(F)cc3n2)c1.Cc1cc(C)cc(-c2ccc3ccc(F)cc3n2)c1.Cc1cc(C)cc(-c2nc3cc(F)ccc3cc2C)c1.Cc1ccc(-c2ccc3ccc(F)cc3n2)cc1C. The average molecular weight is 1300 g/mol. The lowest BCUT2D eigenvalue weighted by atomic mass is 10.0. The number of benzene rings is 10. The summed E-state index contributed by atoms with van der Waals surface area (Å²) in [7, 11) is 3.25. The largest absolute Gasteiger partial charge is 0.497 e. The Morgan fingerprint density at radius 2 is 0.602 bits per heavy atom. The summed E-state index contributed by atoms with van der Waals surface area (Å²) in [6.07, 6.45) is 0. The fourth-order valence-electron chi connectivity index (χ4n) is 11.8. The first-order valence-corrected chi connectivity index (χ1v) is 32.0. The topological polar surface area (TPSA) is 82.9 Å². The van der Waals surface area contributed by atoms with Crippen LogP contribution in [0.5, 0.6) is 11.5 Å². The minimum atomic E-state index is -0.286. The Morgan fingerprint density at radius 3 is 1.02 bits per heavy atom. The molecule has 0 unspecified atom stereocenters. The molecule has 0 amide bonds. The third kappa shape index (κ3) is 16.8. The van der Waals surface area contributed by atoms with Gasteiger partial charge in [-0.15, -0.1) is 0 Å². The summed E-state index contributed by atoms with van der Waals surface area (Å²) < 4.78 is 77.2. The second-order valence-electron chi connectivity index (χ2n) is 24.6. The molecule has 488 valence electrons. The van der Waals surface area contributed by atoms with Gasteiger partial charge in [-0.25, -0.2) is 46.9 Å². The molecule has 15 rings (SSSR count). The molecule has 5 aromatic heterocycles. The first-order valence-electron chi connectivity index (χ1n) is 32.0. The number of pyridine rings is 5. The number of aryl methyl sites for hydroxylation is 9. The van der Waals surface area contributed by atoms with Crippen molar-refractivity contribution in [1.82, 2.24) is 24.9 Å². The zero-order chi connectivity index (χ0) is 69.3. The number of ether oxygens (including phenoxy) is 2. The summed E-state index contributed by atoms with van der Waals surface area (Å²) in [6, 6.07) is 71.9. The first-order chi connectivity index (χ1) is 47.1. The van der Waals surface area contributed by atoms with Gasteiger partial charge in [0.25, 0.3) is 0 Å². The molecule has 5 heterocycles. The van der Waals surface area contributed by atoms with Crippen LogP contribution in [0, 0.1) is 91.4 Å².